The fourth-order valence-corrected chi connectivity index (χ4v) is 5.97. The van der Waals surface area contributed by atoms with Crippen molar-refractivity contribution in [2.45, 2.75) is 56.8 Å². The Morgan fingerprint density at radius 3 is 2.00 bits per heavy atom. The minimum Gasteiger partial charge on any atom is -0.0993 e. The van der Waals surface area contributed by atoms with Crippen molar-refractivity contribution < 1.29 is 0 Å². The molecule has 0 nitrogen and oxygen atoms in total. The maximum Gasteiger partial charge on any atom is -0.0139 e. The monoisotopic (exact) mass is 170 g/mol. The minimum atomic E-state index is 0.553. The van der Waals surface area contributed by atoms with Gasteiger partial charge in [0.05, 0.1) is 0 Å². The average Bonchev–Trinajstić information content (AvgIpc) is 2.60. The third-order valence-corrected chi connectivity index (χ3v) is 6.65. The Bertz CT molecular complexity index is 119. The molecular weight excluding hydrogens is 151 g/mol. The second-order valence-electron chi connectivity index (χ2n) is 3.96. The minimum absolute atomic E-state index is 0.553. The summed E-state index contributed by atoms with van der Waals surface area (Å²) in [6.45, 7) is 2.40. The molecule has 1 saturated heterocycles. The van der Waals surface area contributed by atoms with Gasteiger partial charge in [0.2, 0.25) is 0 Å². The van der Waals surface area contributed by atoms with E-state index in [-0.39, 0.29) is 0 Å². The van der Waals surface area contributed by atoms with Crippen LogP contribution in [-0.4, -0.2) is 17.5 Å². The molecule has 0 bridgehead atoms. The molecule has 2 unspecified atom stereocenters. The molecule has 1 aliphatic carbocycles. The van der Waals surface area contributed by atoms with E-state index in [1.165, 1.54) is 30.3 Å². The summed E-state index contributed by atoms with van der Waals surface area (Å²) in [4.78, 5) is 0. The van der Waals surface area contributed by atoms with Crippen LogP contribution in [0.5, 0.6) is 0 Å². The highest BCUT2D eigenvalue weighted by atomic mass is 31.1. The lowest BCUT2D eigenvalue weighted by Gasteiger charge is -2.04. The molecule has 1 saturated carbocycles. The summed E-state index contributed by atoms with van der Waals surface area (Å²) in [6.07, 6.45) is 10.8. The number of fused-ring (bicyclic) bond motifs is 1. The Labute approximate surface area is 71.5 Å². The molecule has 64 valence electrons. The lowest BCUT2D eigenvalue weighted by atomic mass is 10.0. The van der Waals surface area contributed by atoms with Gasteiger partial charge in [0.25, 0.3) is 0 Å². The first kappa shape index (κ1) is 8.05. The first-order valence-electron chi connectivity index (χ1n) is 5.19. The van der Waals surface area contributed by atoms with Crippen molar-refractivity contribution in [3.8, 4) is 0 Å². The molecule has 2 aliphatic rings. The molecule has 1 heterocycles. The van der Waals surface area contributed by atoms with E-state index in [4.69, 9.17) is 0 Å². The summed E-state index contributed by atoms with van der Waals surface area (Å²) in [5.74, 6) is 0. The molecule has 1 heteroatoms. The van der Waals surface area contributed by atoms with Gasteiger partial charge >= 0.3 is 0 Å². The molecule has 0 aromatic carbocycles. The van der Waals surface area contributed by atoms with Gasteiger partial charge < -0.3 is 0 Å². The first-order valence-corrected chi connectivity index (χ1v) is 6.85. The molecule has 0 aromatic rings. The standard InChI is InChI=1S/C10H19P/c1-2-11-9-7-5-3-4-6-8-10(9)11/h9-10H,2-8H2,1H3. The smallest absolute Gasteiger partial charge is 0.0139 e. The first-order chi connectivity index (χ1) is 5.43. The summed E-state index contributed by atoms with van der Waals surface area (Å²) in [5, 5.41) is 0. The predicted molar refractivity (Wildman–Crippen MR) is 52.7 cm³/mol. The largest absolute Gasteiger partial charge is 0.0993 e. The van der Waals surface area contributed by atoms with Crippen LogP contribution in [0.15, 0.2) is 0 Å². The number of hydrogen-bond donors (Lipinski definition) is 0. The molecule has 0 aromatic heterocycles. The van der Waals surface area contributed by atoms with Gasteiger partial charge in [-0.05, 0) is 30.3 Å². The van der Waals surface area contributed by atoms with E-state index in [1.807, 2.05) is 0 Å². The van der Waals surface area contributed by atoms with E-state index in [1.54, 1.807) is 25.7 Å². The van der Waals surface area contributed by atoms with Crippen LogP contribution in [0.1, 0.15) is 45.4 Å². The van der Waals surface area contributed by atoms with Gasteiger partial charge in [0.1, 0.15) is 0 Å². The van der Waals surface area contributed by atoms with Gasteiger partial charge in [-0.1, -0.05) is 40.5 Å². The summed E-state index contributed by atoms with van der Waals surface area (Å²) in [7, 11) is 0.553. The molecule has 0 radical (unpaired) electrons. The average molecular weight is 170 g/mol. The van der Waals surface area contributed by atoms with E-state index < -0.39 is 0 Å². The Hall–Kier alpha value is 0.430. The van der Waals surface area contributed by atoms with E-state index in [0.29, 0.717) is 7.92 Å². The molecular formula is C10H19P. The molecule has 1 aliphatic heterocycles. The van der Waals surface area contributed by atoms with E-state index in [9.17, 15) is 0 Å². The number of hydrogen-bond acceptors (Lipinski definition) is 0. The second-order valence-corrected chi connectivity index (χ2v) is 6.94. The lowest BCUT2D eigenvalue weighted by molar-refractivity contribution is 0.551. The number of rotatable bonds is 1. The van der Waals surface area contributed by atoms with E-state index in [2.05, 4.69) is 6.92 Å². The zero-order valence-corrected chi connectivity index (χ0v) is 8.45. The van der Waals surface area contributed by atoms with Crippen LogP contribution in [0, 0.1) is 0 Å². The third kappa shape index (κ3) is 1.61. The maximum absolute atomic E-state index is 2.40. The predicted octanol–water partition coefficient (Wildman–Crippen LogP) is 3.59. The van der Waals surface area contributed by atoms with Crippen LogP contribution in [0.3, 0.4) is 0 Å². The fourth-order valence-electron chi connectivity index (χ4n) is 2.64. The summed E-state index contributed by atoms with van der Waals surface area (Å²) >= 11 is 0. The van der Waals surface area contributed by atoms with Crippen molar-refractivity contribution in [3.63, 3.8) is 0 Å². The fraction of sp³-hybridized carbons (Fsp3) is 1.00. The summed E-state index contributed by atoms with van der Waals surface area (Å²) < 4.78 is 0. The van der Waals surface area contributed by atoms with Crippen molar-refractivity contribution in [2.75, 3.05) is 6.16 Å². The Balaban J connectivity index is 1.85. The molecule has 2 rings (SSSR count). The Morgan fingerprint density at radius 2 is 1.55 bits per heavy atom. The van der Waals surface area contributed by atoms with Crippen LogP contribution in [0.2, 0.25) is 0 Å². The highest BCUT2D eigenvalue weighted by molar-refractivity contribution is 7.67. The quantitative estimate of drug-likeness (QED) is 0.527. The van der Waals surface area contributed by atoms with Gasteiger partial charge in [-0.25, -0.2) is 0 Å². The zero-order valence-electron chi connectivity index (χ0n) is 7.55. The lowest BCUT2D eigenvalue weighted by Crippen LogP contribution is -1.97. The molecule has 0 amide bonds. The van der Waals surface area contributed by atoms with E-state index >= 15 is 0 Å². The van der Waals surface area contributed by atoms with Gasteiger partial charge in [0.15, 0.2) is 0 Å². The van der Waals surface area contributed by atoms with Crippen molar-refractivity contribution in [1.29, 1.82) is 0 Å². The molecule has 0 spiro atoms. The van der Waals surface area contributed by atoms with Crippen molar-refractivity contribution in [2.24, 2.45) is 0 Å². The van der Waals surface area contributed by atoms with Gasteiger partial charge in [-0.15, -0.1) is 0 Å². The normalized spacial score (nSPS) is 43.9. The van der Waals surface area contributed by atoms with Crippen LogP contribution < -0.4 is 0 Å². The molecule has 11 heavy (non-hydrogen) atoms. The Morgan fingerprint density at radius 1 is 1.00 bits per heavy atom. The molecule has 2 fully saturated rings. The van der Waals surface area contributed by atoms with Gasteiger partial charge in [0, 0.05) is 0 Å². The highest BCUT2D eigenvalue weighted by Crippen LogP contribution is 2.69. The van der Waals surface area contributed by atoms with Crippen LogP contribution in [0.25, 0.3) is 0 Å². The highest BCUT2D eigenvalue weighted by Gasteiger charge is 2.46. The van der Waals surface area contributed by atoms with E-state index in [0.717, 1.165) is 0 Å². The topological polar surface area (TPSA) is 0 Å². The summed E-state index contributed by atoms with van der Waals surface area (Å²) in [5.41, 5.74) is 2.46. The van der Waals surface area contributed by atoms with Crippen molar-refractivity contribution >= 4 is 7.92 Å². The van der Waals surface area contributed by atoms with Gasteiger partial charge in [-0.2, -0.15) is 0 Å². The van der Waals surface area contributed by atoms with Crippen molar-refractivity contribution in [3.05, 3.63) is 0 Å². The SMILES string of the molecule is CCP1C2CCCCCCC21. The van der Waals surface area contributed by atoms with Crippen LogP contribution in [-0.2, 0) is 0 Å². The van der Waals surface area contributed by atoms with Gasteiger partial charge in [-0.3, -0.25) is 0 Å². The zero-order chi connectivity index (χ0) is 7.68. The summed E-state index contributed by atoms with van der Waals surface area (Å²) in [6, 6.07) is 0. The van der Waals surface area contributed by atoms with Crippen LogP contribution in [0.4, 0.5) is 0 Å². The Kier molecular flexibility index (Phi) is 2.51. The second kappa shape index (κ2) is 3.44. The van der Waals surface area contributed by atoms with Crippen molar-refractivity contribution in [1.82, 2.24) is 0 Å². The molecule has 0 N–H and O–H groups in total. The molecule has 2 atom stereocenters. The van der Waals surface area contributed by atoms with Crippen LogP contribution >= 0.6 is 7.92 Å². The maximum atomic E-state index is 2.40. The third-order valence-electron chi connectivity index (χ3n) is 3.32.